The molecule has 0 aliphatic carbocycles. The van der Waals surface area contributed by atoms with E-state index in [1.807, 2.05) is 7.05 Å². The molecule has 26 heavy (non-hydrogen) atoms. The fraction of sp³-hybridized carbons (Fsp3) is 0.217. The predicted octanol–water partition coefficient (Wildman–Crippen LogP) is 4.75. The van der Waals surface area contributed by atoms with Crippen LogP contribution in [0.2, 0.25) is 0 Å². The molecule has 3 nitrogen and oxygen atoms in total. The molecule has 0 unspecified atom stereocenters. The molecule has 0 aliphatic heterocycles. The Kier molecular flexibility index (Phi) is 4.63. The van der Waals surface area contributed by atoms with Crippen molar-refractivity contribution in [2.45, 2.75) is 13.5 Å². The molecular weight excluding hydrogens is 320 g/mol. The van der Waals surface area contributed by atoms with Gasteiger partial charge < -0.3 is 14.6 Å². The maximum Gasteiger partial charge on any atom is 0.129 e. The standard InChI is InChI=1S/C23H24N2O/c1-17-11-12-20-19(15-17)23-21(9-6-10-22(23)26-14-13-24-2)25(20)16-18-7-4-3-5-8-18/h3-12,15,24H,13-14,16H2,1-2H3. The second-order valence-corrected chi connectivity index (χ2v) is 6.69. The third kappa shape index (κ3) is 3.06. The minimum Gasteiger partial charge on any atom is -0.492 e. The van der Waals surface area contributed by atoms with Gasteiger partial charge in [0.1, 0.15) is 12.4 Å². The molecule has 0 saturated heterocycles. The van der Waals surface area contributed by atoms with E-state index in [-0.39, 0.29) is 0 Å². The number of aromatic nitrogens is 1. The highest BCUT2D eigenvalue weighted by Crippen LogP contribution is 2.36. The number of aryl methyl sites for hydroxylation is 1. The van der Waals surface area contributed by atoms with Gasteiger partial charge in [-0.1, -0.05) is 48.0 Å². The lowest BCUT2D eigenvalue weighted by atomic mass is 10.1. The fourth-order valence-electron chi connectivity index (χ4n) is 3.55. The topological polar surface area (TPSA) is 26.2 Å². The number of ether oxygens (including phenoxy) is 1. The van der Waals surface area contributed by atoms with E-state index in [1.54, 1.807) is 0 Å². The summed E-state index contributed by atoms with van der Waals surface area (Å²) in [5, 5.41) is 5.61. The van der Waals surface area contributed by atoms with Crippen molar-refractivity contribution in [3.8, 4) is 5.75 Å². The molecule has 0 saturated carbocycles. The number of hydrogen-bond acceptors (Lipinski definition) is 2. The van der Waals surface area contributed by atoms with Crippen molar-refractivity contribution in [1.82, 2.24) is 9.88 Å². The minimum atomic E-state index is 0.660. The number of benzene rings is 3. The van der Waals surface area contributed by atoms with Gasteiger partial charge in [-0.2, -0.15) is 0 Å². The average molecular weight is 344 g/mol. The van der Waals surface area contributed by atoms with Crippen LogP contribution in [0.25, 0.3) is 21.8 Å². The van der Waals surface area contributed by atoms with Crippen LogP contribution in [0.1, 0.15) is 11.1 Å². The molecule has 4 rings (SSSR count). The molecule has 1 N–H and O–H groups in total. The average Bonchev–Trinajstić information content (AvgIpc) is 2.97. The monoisotopic (exact) mass is 344 g/mol. The van der Waals surface area contributed by atoms with Crippen LogP contribution in [0.15, 0.2) is 66.7 Å². The number of nitrogens with one attached hydrogen (secondary N) is 1. The van der Waals surface area contributed by atoms with Gasteiger partial charge in [-0.3, -0.25) is 0 Å². The SMILES string of the molecule is CNCCOc1cccc2c1c1cc(C)ccc1n2Cc1ccccc1. The van der Waals surface area contributed by atoms with E-state index in [2.05, 4.69) is 83.5 Å². The van der Waals surface area contributed by atoms with E-state index < -0.39 is 0 Å². The molecule has 0 fully saturated rings. The first-order valence-electron chi connectivity index (χ1n) is 9.11. The zero-order chi connectivity index (χ0) is 17.9. The van der Waals surface area contributed by atoms with Crippen molar-refractivity contribution in [2.24, 2.45) is 0 Å². The molecule has 4 aromatic rings. The first-order chi connectivity index (χ1) is 12.8. The molecule has 1 aromatic heterocycles. The van der Waals surface area contributed by atoms with Crippen LogP contribution in [0.3, 0.4) is 0 Å². The van der Waals surface area contributed by atoms with Gasteiger partial charge in [-0.05, 0) is 43.8 Å². The first-order valence-corrected chi connectivity index (χ1v) is 9.11. The van der Waals surface area contributed by atoms with E-state index in [0.29, 0.717) is 6.61 Å². The normalized spacial score (nSPS) is 11.3. The highest BCUT2D eigenvalue weighted by molar-refractivity contribution is 6.11. The maximum atomic E-state index is 6.10. The van der Waals surface area contributed by atoms with Gasteiger partial charge in [0.05, 0.1) is 5.52 Å². The number of rotatable bonds is 6. The summed E-state index contributed by atoms with van der Waals surface area (Å²) < 4.78 is 8.49. The van der Waals surface area contributed by atoms with E-state index in [0.717, 1.165) is 18.8 Å². The van der Waals surface area contributed by atoms with Crippen LogP contribution in [-0.4, -0.2) is 24.8 Å². The molecule has 0 spiro atoms. The van der Waals surface area contributed by atoms with Crippen molar-refractivity contribution < 1.29 is 4.74 Å². The summed E-state index contributed by atoms with van der Waals surface area (Å²) in [6, 6.07) is 23.7. The Morgan fingerprint density at radius 2 is 1.77 bits per heavy atom. The fourth-order valence-corrected chi connectivity index (χ4v) is 3.55. The summed E-state index contributed by atoms with van der Waals surface area (Å²) in [6.07, 6.45) is 0. The Balaban J connectivity index is 1.91. The summed E-state index contributed by atoms with van der Waals surface area (Å²) >= 11 is 0. The Morgan fingerprint density at radius 1 is 0.923 bits per heavy atom. The summed E-state index contributed by atoms with van der Waals surface area (Å²) in [5.74, 6) is 0.958. The lowest BCUT2D eigenvalue weighted by molar-refractivity contribution is 0.322. The van der Waals surface area contributed by atoms with Crippen molar-refractivity contribution in [1.29, 1.82) is 0 Å². The van der Waals surface area contributed by atoms with Gasteiger partial charge in [0.15, 0.2) is 0 Å². The molecule has 0 aliphatic rings. The number of likely N-dealkylation sites (N-methyl/N-ethyl adjacent to an activating group) is 1. The number of fused-ring (bicyclic) bond motifs is 3. The van der Waals surface area contributed by atoms with E-state index >= 15 is 0 Å². The second-order valence-electron chi connectivity index (χ2n) is 6.69. The third-order valence-corrected chi connectivity index (χ3v) is 4.80. The van der Waals surface area contributed by atoms with Crippen LogP contribution in [-0.2, 0) is 6.54 Å². The molecule has 3 aromatic carbocycles. The van der Waals surface area contributed by atoms with E-state index in [9.17, 15) is 0 Å². The molecule has 0 atom stereocenters. The molecule has 0 radical (unpaired) electrons. The van der Waals surface area contributed by atoms with Gasteiger partial charge in [0, 0.05) is 29.4 Å². The quantitative estimate of drug-likeness (QED) is 0.511. The summed E-state index contributed by atoms with van der Waals surface area (Å²) in [4.78, 5) is 0. The maximum absolute atomic E-state index is 6.10. The van der Waals surface area contributed by atoms with Crippen LogP contribution in [0.5, 0.6) is 5.75 Å². The van der Waals surface area contributed by atoms with Gasteiger partial charge in [0.25, 0.3) is 0 Å². The van der Waals surface area contributed by atoms with Crippen molar-refractivity contribution >= 4 is 21.8 Å². The molecule has 3 heteroatoms. The summed E-state index contributed by atoms with van der Waals surface area (Å²) in [7, 11) is 1.94. The zero-order valence-electron chi connectivity index (χ0n) is 15.3. The van der Waals surface area contributed by atoms with Gasteiger partial charge in [-0.15, -0.1) is 0 Å². The molecular formula is C23H24N2O. The molecule has 1 heterocycles. The Hall–Kier alpha value is -2.78. The Morgan fingerprint density at radius 3 is 2.58 bits per heavy atom. The Bertz CT molecular complexity index is 1030. The van der Waals surface area contributed by atoms with E-state index in [1.165, 1.54) is 32.9 Å². The van der Waals surface area contributed by atoms with Crippen LogP contribution >= 0.6 is 0 Å². The van der Waals surface area contributed by atoms with Crippen LogP contribution in [0, 0.1) is 6.92 Å². The van der Waals surface area contributed by atoms with Gasteiger partial charge in [0.2, 0.25) is 0 Å². The van der Waals surface area contributed by atoms with Crippen molar-refractivity contribution in [3.05, 3.63) is 77.9 Å². The largest absolute Gasteiger partial charge is 0.492 e. The third-order valence-electron chi connectivity index (χ3n) is 4.80. The lowest BCUT2D eigenvalue weighted by Crippen LogP contribution is -2.15. The molecule has 0 bridgehead atoms. The van der Waals surface area contributed by atoms with E-state index in [4.69, 9.17) is 4.74 Å². The number of nitrogens with zero attached hydrogens (tertiary/aromatic N) is 1. The second kappa shape index (κ2) is 7.22. The summed E-state index contributed by atoms with van der Waals surface area (Å²) in [6.45, 7) is 4.49. The minimum absolute atomic E-state index is 0.660. The zero-order valence-corrected chi connectivity index (χ0v) is 15.3. The van der Waals surface area contributed by atoms with Crippen molar-refractivity contribution in [2.75, 3.05) is 20.2 Å². The van der Waals surface area contributed by atoms with Gasteiger partial charge in [-0.25, -0.2) is 0 Å². The lowest BCUT2D eigenvalue weighted by Gasteiger charge is -2.09. The smallest absolute Gasteiger partial charge is 0.129 e. The highest BCUT2D eigenvalue weighted by atomic mass is 16.5. The predicted molar refractivity (Wildman–Crippen MR) is 109 cm³/mol. The summed E-state index contributed by atoms with van der Waals surface area (Å²) in [5.41, 5.74) is 5.03. The van der Waals surface area contributed by atoms with Gasteiger partial charge >= 0.3 is 0 Å². The number of hydrogen-bond donors (Lipinski definition) is 1. The Labute approximate surface area is 154 Å². The first kappa shape index (κ1) is 16.7. The molecule has 132 valence electrons. The highest BCUT2D eigenvalue weighted by Gasteiger charge is 2.15. The van der Waals surface area contributed by atoms with Crippen LogP contribution in [0.4, 0.5) is 0 Å². The molecule has 0 amide bonds. The van der Waals surface area contributed by atoms with Crippen molar-refractivity contribution in [3.63, 3.8) is 0 Å². The van der Waals surface area contributed by atoms with Crippen LogP contribution < -0.4 is 10.1 Å².